The predicted molar refractivity (Wildman–Crippen MR) is 108 cm³/mol. The molecule has 1 aliphatic rings. The monoisotopic (exact) mass is 354 g/mol. The van der Waals surface area contributed by atoms with E-state index in [0.29, 0.717) is 22.4 Å². The fourth-order valence-electron chi connectivity index (χ4n) is 4.31. The quantitative estimate of drug-likeness (QED) is 0.391. The lowest BCUT2D eigenvalue weighted by molar-refractivity contribution is -0.134. The van der Waals surface area contributed by atoms with Gasteiger partial charge in [0.15, 0.2) is 0 Å². The van der Waals surface area contributed by atoms with E-state index in [1.165, 1.54) is 12.5 Å². The number of carbonyl (C=O) groups excluding carboxylic acids is 1. The van der Waals surface area contributed by atoms with Crippen LogP contribution in [0.1, 0.15) is 59.6 Å². The fourth-order valence-corrected chi connectivity index (χ4v) is 9.54. The molecule has 0 bridgehead atoms. The van der Waals surface area contributed by atoms with E-state index in [1.54, 1.807) is 0 Å². The summed E-state index contributed by atoms with van der Waals surface area (Å²) in [5, 5.41) is 0. The first-order valence-electron chi connectivity index (χ1n) is 9.23. The third kappa shape index (κ3) is 3.74. The Bertz CT molecular complexity index is 723. The van der Waals surface area contributed by atoms with Crippen molar-refractivity contribution < 1.29 is 9.53 Å². The molecule has 3 heteroatoms. The normalized spacial score (nSPS) is 14.0. The molecule has 0 aromatic heterocycles. The number of esters is 1. The largest absolute Gasteiger partial charge is 0.425 e. The van der Waals surface area contributed by atoms with Gasteiger partial charge in [0.2, 0.25) is 0 Å². The highest BCUT2D eigenvalue weighted by Gasteiger charge is 2.41. The molecule has 25 heavy (non-hydrogen) atoms. The summed E-state index contributed by atoms with van der Waals surface area (Å²) in [5.41, 5.74) is 8.66. The predicted octanol–water partition coefficient (Wildman–Crippen LogP) is 5.74. The fraction of sp³-hybridized carbons (Fsp3) is 0.500. The molecule has 0 saturated heterocycles. The maximum Gasteiger partial charge on any atom is 0.308 e. The van der Waals surface area contributed by atoms with Gasteiger partial charge in [-0.2, -0.15) is 0 Å². The lowest BCUT2D eigenvalue weighted by Crippen LogP contribution is -2.43. The summed E-state index contributed by atoms with van der Waals surface area (Å²) >= 11 is 0. The Labute approximate surface area is 153 Å². The molecule has 0 N–H and O–H groups in total. The zero-order valence-electron chi connectivity index (χ0n) is 16.6. The molecule has 0 spiro atoms. The summed E-state index contributed by atoms with van der Waals surface area (Å²) in [6.07, 6.45) is 0.755. The van der Waals surface area contributed by atoms with E-state index < -0.39 is 8.07 Å². The summed E-state index contributed by atoms with van der Waals surface area (Å²) in [4.78, 5) is 11.6. The number of fused-ring (bicyclic) bond motifs is 1. The summed E-state index contributed by atoms with van der Waals surface area (Å²) in [6.45, 7) is 15.3. The third-order valence-corrected chi connectivity index (χ3v) is 11.7. The highest BCUT2D eigenvalue weighted by atomic mass is 28.3. The molecule has 0 amide bonds. The molecule has 1 aromatic carbocycles. The molecule has 0 unspecified atom stereocenters. The second kappa shape index (κ2) is 7.62. The van der Waals surface area contributed by atoms with E-state index in [4.69, 9.17) is 4.74 Å². The van der Waals surface area contributed by atoms with E-state index in [9.17, 15) is 4.79 Å². The van der Waals surface area contributed by atoms with Gasteiger partial charge in [0.05, 0.1) is 0 Å². The first kappa shape index (κ1) is 19.5. The first-order valence-corrected chi connectivity index (χ1v) is 11.5. The molecular formula is C22H30O2Si. The van der Waals surface area contributed by atoms with Gasteiger partial charge in [0.25, 0.3) is 0 Å². The summed E-state index contributed by atoms with van der Waals surface area (Å²) in [5.74, 6) is 3.86. The Kier molecular flexibility index (Phi) is 5.95. The molecule has 2 nitrogen and oxygen atoms in total. The standard InChI is InChI=1S/C22H30O2Si/c1-15(2)25(16(3)4,17(5)6)13-12-20-14-19-10-8-9-11-21(19)22(20)24-18(7)23/h8-11,15-17H,14H2,1-7H3. The SMILES string of the molecule is CC(=O)OC1=C(C#C[Si](C(C)C)(C(C)C)C(C)C)Cc2ccccc21. The highest BCUT2D eigenvalue weighted by Crippen LogP contribution is 2.41. The molecule has 0 aliphatic heterocycles. The lowest BCUT2D eigenvalue weighted by Gasteiger charge is -2.38. The van der Waals surface area contributed by atoms with Gasteiger partial charge in [-0.1, -0.05) is 71.7 Å². The Morgan fingerprint density at radius 1 is 1.04 bits per heavy atom. The van der Waals surface area contributed by atoms with Crippen LogP contribution in [0.25, 0.3) is 5.76 Å². The number of ether oxygens (including phenoxy) is 1. The third-order valence-electron chi connectivity index (χ3n) is 5.45. The van der Waals surface area contributed by atoms with E-state index in [1.807, 2.05) is 18.2 Å². The minimum atomic E-state index is -1.80. The highest BCUT2D eigenvalue weighted by molar-refractivity contribution is 6.90. The minimum Gasteiger partial charge on any atom is -0.425 e. The van der Waals surface area contributed by atoms with E-state index in [2.05, 4.69) is 59.1 Å². The zero-order chi connectivity index (χ0) is 18.8. The first-order chi connectivity index (χ1) is 11.7. The van der Waals surface area contributed by atoms with Crippen LogP contribution in [0.2, 0.25) is 16.6 Å². The molecule has 1 aromatic rings. The van der Waals surface area contributed by atoms with Crippen molar-refractivity contribution >= 4 is 19.8 Å². The maximum absolute atomic E-state index is 11.6. The number of allylic oxidation sites excluding steroid dienone is 1. The average Bonchev–Trinajstić information content (AvgIpc) is 2.84. The minimum absolute atomic E-state index is 0.286. The van der Waals surface area contributed by atoms with Crippen molar-refractivity contribution in [2.24, 2.45) is 0 Å². The number of hydrogen-bond acceptors (Lipinski definition) is 2. The molecule has 1 aliphatic carbocycles. The van der Waals surface area contributed by atoms with Crippen molar-refractivity contribution in [1.82, 2.24) is 0 Å². The van der Waals surface area contributed by atoms with Gasteiger partial charge < -0.3 is 4.74 Å². The van der Waals surface area contributed by atoms with Gasteiger partial charge in [-0.25, -0.2) is 0 Å². The summed E-state index contributed by atoms with van der Waals surface area (Å²) in [6, 6.07) is 8.11. The maximum atomic E-state index is 11.6. The van der Waals surface area contributed by atoms with Crippen molar-refractivity contribution in [3.8, 4) is 11.5 Å². The van der Waals surface area contributed by atoms with Crippen LogP contribution in [-0.2, 0) is 16.0 Å². The average molecular weight is 355 g/mol. The van der Waals surface area contributed by atoms with Gasteiger partial charge >= 0.3 is 5.97 Å². The van der Waals surface area contributed by atoms with Gasteiger partial charge in [-0.15, -0.1) is 5.54 Å². The van der Waals surface area contributed by atoms with Crippen LogP contribution >= 0.6 is 0 Å². The molecule has 0 atom stereocenters. The molecule has 2 rings (SSSR count). The van der Waals surface area contributed by atoms with Crippen molar-refractivity contribution in [2.75, 3.05) is 0 Å². The number of carbonyl (C=O) groups is 1. The topological polar surface area (TPSA) is 26.3 Å². The van der Waals surface area contributed by atoms with Crippen molar-refractivity contribution in [2.45, 2.75) is 71.5 Å². The van der Waals surface area contributed by atoms with E-state index in [-0.39, 0.29) is 5.97 Å². The van der Waals surface area contributed by atoms with Crippen LogP contribution in [-0.4, -0.2) is 14.0 Å². The van der Waals surface area contributed by atoms with Gasteiger partial charge in [-0.3, -0.25) is 4.79 Å². The second-order valence-electron chi connectivity index (χ2n) is 7.88. The number of hydrogen-bond donors (Lipinski definition) is 0. The van der Waals surface area contributed by atoms with Crippen LogP contribution in [0.5, 0.6) is 0 Å². The Balaban J connectivity index is 2.54. The van der Waals surface area contributed by atoms with Gasteiger partial charge in [0, 0.05) is 24.5 Å². The Morgan fingerprint density at radius 3 is 2.12 bits per heavy atom. The van der Waals surface area contributed by atoms with Gasteiger partial charge in [-0.05, 0) is 22.2 Å². The second-order valence-corrected chi connectivity index (χ2v) is 13.5. The van der Waals surface area contributed by atoms with Crippen LogP contribution in [0.4, 0.5) is 0 Å². The molecule has 134 valence electrons. The van der Waals surface area contributed by atoms with Crippen molar-refractivity contribution in [3.63, 3.8) is 0 Å². The molecule has 0 saturated carbocycles. The Hall–Kier alpha value is -1.79. The molecule has 0 radical (unpaired) electrons. The van der Waals surface area contributed by atoms with Crippen LogP contribution in [0.15, 0.2) is 29.8 Å². The summed E-state index contributed by atoms with van der Waals surface area (Å²) < 4.78 is 5.55. The zero-order valence-corrected chi connectivity index (χ0v) is 17.6. The van der Waals surface area contributed by atoms with E-state index in [0.717, 1.165) is 17.6 Å². The van der Waals surface area contributed by atoms with Crippen molar-refractivity contribution in [3.05, 3.63) is 41.0 Å². The smallest absolute Gasteiger partial charge is 0.308 e. The molecule has 0 heterocycles. The Morgan fingerprint density at radius 2 is 1.60 bits per heavy atom. The van der Waals surface area contributed by atoms with Crippen LogP contribution in [0.3, 0.4) is 0 Å². The molecular weight excluding hydrogens is 324 g/mol. The summed E-state index contributed by atoms with van der Waals surface area (Å²) in [7, 11) is -1.80. The number of benzene rings is 1. The lowest BCUT2D eigenvalue weighted by atomic mass is 10.1. The number of rotatable bonds is 4. The van der Waals surface area contributed by atoms with Gasteiger partial charge in [0.1, 0.15) is 13.8 Å². The van der Waals surface area contributed by atoms with Crippen molar-refractivity contribution in [1.29, 1.82) is 0 Å². The van der Waals surface area contributed by atoms with Crippen LogP contribution < -0.4 is 0 Å². The molecule has 0 fully saturated rings. The van der Waals surface area contributed by atoms with Crippen LogP contribution in [0, 0.1) is 11.5 Å². The van der Waals surface area contributed by atoms with E-state index >= 15 is 0 Å².